The van der Waals surface area contributed by atoms with Gasteiger partial charge >= 0.3 is 0 Å². The fraction of sp³-hybridized carbons (Fsp3) is 1.00. The van der Waals surface area contributed by atoms with Crippen molar-refractivity contribution in [2.75, 3.05) is 6.61 Å². The summed E-state index contributed by atoms with van der Waals surface area (Å²) in [5.41, 5.74) is 13.3. The lowest BCUT2D eigenvalue weighted by molar-refractivity contribution is -0.131. The number of aliphatic hydroxyl groups excluding tert-OH is 1. The van der Waals surface area contributed by atoms with E-state index in [-0.39, 0.29) is 11.5 Å². The predicted molar refractivity (Wildman–Crippen MR) is 98.3 cm³/mol. The molecule has 5 N–H and O–H groups in total. The van der Waals surface area contributed by atoms with Gasteiger partial charge in [-0.25, -0.2) is 0 Å². The van der Waals surface area contributed by atoms with Crippen molar-refractivity contribution in [1.29, 1.82) is 0 Å². The summed E-state index contributed by atoms with van der Waals surface area (Å²) < 4.78 is 0. The molecule has 138 valence electrons. The third kappa shape index (κ3) is 2.27. The summed E-state index contributed by atoms with van der Waals surface area (Å²) in [6, 6.07) is 0.659. The highest BCUT2D eigenvalue weighted by molar-refractivity contribution is 5.11. The molecule has 3 heteroatoms. The van der Waals surface area contributed by atoms with Crippen molar-refractivity contribution in [3.05, 3.63) is 0 Å². The summed E-state index contributed by atoms with van der Waals surface area (Å²) in [5.74, 6) is 3.77. The van der Waals surface area contributed by atoms with Gasteiger partial charge in [0.15, 0.2) is 0 Å². The number of rotatable bonds is 2. The Morgan fingerprint density at radius 2 is 1.83 bits per heavy atom. The standard InChI is InChI=1S/C21H38N2O/c1-13(22)17-5-6-19-16-4-3-14-11-15(23)7-9-20(14,2)18(16)8-10-21(17,19)12-24/h13-19,24H,3-12,22-23H2,1-2H3/t13-,14-,15-,16+,17+,18-,19-,20-,21-/m0/s1. The van der Waals surface area contributed by atoms with E-state index in [0.29, 0.717) is 29.9 Å². The Morgan fingerprint density at radius 1 is 1.04 bits per heavy atom. The molecule has 4 fully saturated rings. The van der Waals surface area contributed by atoms with E-state index in [1.807, 2.05) is 0 Å². The minimum Gasteiger partial charge on any atom is -0.396 e. The van der Waals surface area contributed by atoms with Gasteiger partial charge in [-0.05, 0) is 99.7 Å². The van der Waals surface area contributed by atoms with Crippen LogP contribution < -0.4 is 11.5 Å². The lowest BCUT2D eigenvalue weighted by Gasteiger charge is -2.61. The first-order chi connectivity index (χ1) is 11.4. The molecule has 0 unspecified atom stereocenters. The van der Waals surface area contributed by atoms with E-state index in [9.17, 15) is 5.11 Å². The molecule has 0 bridgehead atoms. The van der Waals surface area contributed by atoms with E-state index < -0.39 is 0 Å². The Balaban J connectivity index is 1.62. The first-order valence-electron chi connectivity index (χ1n) is 10.5. The average Bonchev–Trinajstić information content (AvgIpc) is 2.95. The van der Waals surface area contributed by atoms with Crippen LogP contribution in [0.5, 0.6) is 0 Å². The molecule has 24 heavy (non-hydrogen) atoms. The van der Waals surface area contributed by atoms with Crippen molar-refractivity contribution in [3.63, 3.8) is 0 Å². The van der Waals surface area contributed by atoms with Crippen LogP contribution in [0.25, 0.3) is 0 Å². The van der Waals surface area contributed by atoms with Crippen LogP contribution in [0.4, 0.5) is 0 Å². The Hall–Kier alpha value is -0.120. The van der Waals surface area contributed by atoms with Crippen molar-refractivity contribution >= 4 is 0 Å². The topological polar surface area (TPSA) is 72.3 Å². The van der Waals surface area contributed by atoms with Crippen LogP contribution in [0.2, 0.25) is 0 Å². The zero-order valence-corrected chi connectivity index (χ0v) is 15.7. The van der Waals surface area contributed by atoms with E-state index in [0.717, 1.165) is 17.8 Å². The SMILES string of the molecule is C[C@H](N)[C@H]1CC[C@H]2[C@@H]3CC[C@H]4C[C@@H](N)CC[C@]4(C)[C@H]3CC[C@]12CO. The van der Waals surface area contributed by atoms with Crippen LogP contribution in [-0.4, -0.2) is 23.8 Å². The second-order valence-corrected chi connectivity index (χ2v) is 10.2. The summed E-state index contributed by atoms with van der Waals surface area (Å²) in [6.07, 6.45) is 11.6. The molecular weight excluding hydrogens is 296 g/mol. The van der Waals surface area contributed by atoms with Gasteiger partial charge in [-0.3, -0.25) is 0 Å². The second kappa shape index (κ2) is 5.96. The summed E-state index contributed by atoms with van der Waals surface area (Å²) in [7, 11) is 0. The van der Waals surface area contributed by atoms with Gasteiger partial charge in [0.1, 0.15) is 0 Å². The first-order valence-corrected chi connectivity index (χ1v) is 10.5. The van der Waals surface area contributed by atoms with Crippen LogP contribution >= 0.6 is 0 Å². The van der Waals surface area contributed by atoms with E-state index in [4.69, 9.17) is 11.5 Å². The number of fused-ring (bicyclic) bond motifs is 5. The highest BCUT2D eigenvalue weighted by atomic mass is 16.3. The van der Waals surface area contributed by atoms with Gasteiger partial charge in [-0.2, -0.15) is 0 Å². The Morgan fingerprint density at radius 3 is 2.54 bits per heavy atom. The largest absolute Gasteiger partial charge is 0.396 e. The molecule has 4 saturated carbocycles. The van der Waals surface area contributed by atoms with E-state index >= 15 is 0 Å². The van der Waals surface area contributed by atoms with Crippen molar-refractivity contribution in [2.24, 2.45) is 51.9 Å². The van der Waals surface area contributed by atoms with Crippen molar-refractivity contribution in [1.82, 2.24) is 0 Å². The molecule has 0 aromatic carbocycles. The number of nitrogens with two attached hydrogens (primary N) is 2. The lowest BCUT2D eigenvalue weighted by Crippen LogP contribution is -2.56. The molecule has 4 rings (SSSR count). The fourth-order valence-electron chi connectivity index (χ4n) is 8.24. The Kier molecular flexibility index (Phi) is 4.29. The summed E-state index contributed by atoms with van der Waals surface area (Å²) in [4.78, 5) is 0. The van der Waals surface area contributed by atoms with E-state index in [1.165, 1.54) is 57.8 Å². The molecule has 0 aliphatic heterocycles. The molecule has 0 radical (unpaired) electrons. The quantitative estimate of drug-likeness (QED) is 0.725. The van der Waals surface area contributed by atoms with E-state index in [1.54, 1.807) is 0 Å². The van der Waals surface area contributed by atoms with Crippen molar-refractivity contribution < 1.29 is 5.11 Å². The number of hydrogen-bond donors (Lipinski definition) is 3. The zero-order valence-electron chi connectivity index (χ0n) is 15.7. The molecule has 0 saturated heterocycles. The highest BCUT2D eigenvalue weighted by Gasteiger charge is 2.61. The summed E-state index contributed by atoms with van der Waals surface area (Å²) >= 11 is 0. The van der Waals surface area contributed by atoms with Crippen LogP contribution in [0.3, 0.4) is 0 Å². The third-order valence-electron chi connectivity index (χ3n) is 9.42. The van der Waals surface area contributed by atoms with Crippen molar-refractivity contribution in [2.45, 2.75) is 83.7 Å². The van der Waals surface area contributed by atoms with Gasteiger partial charge in [0, 0.05) is 24.1 Å². The Labute approximate surface area is 147 Å². The zero-order chi connectivity index (χ0) is 17.1. The fourth-order valence-corrected chi connectivity index (χ4v) is 8.24. The Bertz CT molecular complexity index is 480. The van der Waals surface area contributed by atoms with Gasteiger partial charge in [0.2, 0.25) is 0 Å². The van der Waals surface area contributed by atoms with Gasteiger partial charge in [-0.15, -0.1) is 0 Å². The molecule has 9 atom stereocenters. The van der Waals surface area contributed by atoms with Crippen LogP contribution in [-0.2, 0) is 0 Å². The monoisotopic (exact) mass is 334 g/mol. The summed E-state index contributed by atoms with van der Waals surface area (Å²) in [5, 5.41) is 10.4. The molecule has 4 aliphatic rings. The molecule has 3 nitrogen and oxygen atoms in total. The minimum atomic E-state index is 0.129. The van der Waals surface area contributed by atoms with E-state index in [2.05, 4.69) is 13.8 Å². The summed E-state index contributed by atoms with van der Waals surface area (Å²) in [6.45, 7) is 5.11. The minimum absolute atomic E-state index is 0.129. The van der Waals surface area contributed by atoms with Crippen molar-refractivity contribution in [3.8, 4) is 0 Å². The molecule has 0 aromatic rings. The predicted octanol–water partition coefficient (Wildman–Crippen LogP) is 3.29. The molecular formula is C21H38N2O. The molecule has 4 aliphatic carbocycles. The maximum absolute atomic E-state index is 10.4. The maximum atomic E-state index is 10.4. The third-order valence-corrected chi connectivity index (χ3v) is 9.42. The molecule has 0 amide bonds. The van der Waals surface area contributed by atoms with Gasteiger partial charge < -0.3 is 16.6 Å². The van der Waals surface area contributed by atoms with Crippen LogP contribution in [0, 0.1) is 40.4 Å². The van der Waals surface area contributed by atoms with Gasteiger partial charge in [0.25, 0.3) is 0 Å². The molecule has 0 heterocycles. The lowest BCUT2D eigenvalue weighted by atomic mass is 9.44. The molecule has 0 aromatic heterocycles. The number of aliphatic hydroxyl groups is 1. The maximum Gasteiger partial charge on any atom is 0.0493 e. The van der Waals surface area contributed by atoms with Crippen LogP contribution in [0.15, 0.2) is 0 Å². The van der Waals surface area contributed by atoms with Crippen LogP contribution in [0.1, 0.15) is 71.6 Å². The normalized spacial score (nSPS) is 55.4. The average molecular weight is 335 g/mol. The molecule has 0 spiro atoms. The highest BCUT2D eigenvalue weighted by Crippen LogP contribution is 2.67. The smallest absolute Gasteiger partial charge is 0.0493 e. The first kappa shape index (κ1) is 17.3. The second-order valence-electron chi connectivity index (χ2n) is 10.2. The van der Waals surface area contributed by atoms with Gasteiger partial charge in [0.05, 0.1) is 0 Å². The number of hydrogen-bond acceptors (Lipinski definition) is 3. The van der Waals surface area contributed by atoms with Gasteiger partial charge in [-0.1, -0.05) is 6.92 Å².